The molecule has 0 atom stereocenters. The average Bonchev–Trinajstić information content (AvgIpc) is 2.74. The molecule has 0 aromatic heterocycles. The Morgan fingerprint density at radius 2 is 1.82 bits per heavy atom. The number of likely N-dealkylation sites (tertiary alicyclic amines) is 1. The Hall–Kier alpha value is -2.37. The van der Waals surface area contributed by atoms with Gasteiger partial charge in [0, 0.05) is 32.9 Å². The lowest BCUT2D eigenvalue weighted by Gasteiger charge is -2.33. The molecule has 5 nitrogen and oxygen atoms in total. The van der Waals surface area contributed by atoms with Gasteiger partial charge in [0.05, 0.1) is 6.61 Å². The van der Waals surface area contributed by atoms with E-state index in [0.717, 1.165) is 62.4 Å². The van der Waals surface area contributed by atoms with E-state index in [4.69, 9.17) is 4.74 Å². The summed E-state index contributed by atoms with van der Waals surface area (Å²) in [6.07, 6.45) is 2.26. The first-order valence-electron chi connectivity index (χ1n) is 10.0. The first-order chi connectivity index (χ1) is 13.7. The highest BCUT2D eigenvalue weighted by Crippen LogP contribution is 2.23. The Labute approximate surface area is 168 Å². The van der Waals surface area contributed by atoms with Crippen molar-refractivity contribution < 1.29 is 9.53 Å². The monoisotopic (exact) mass is 381 g/mol. The van der Waals surface area contributed by atoms with Crippen LogP contribution >= 0.6 is 0 Å². The van der Waals surface area contributed by atoms with Crippen LogP contribution in [0, 0.1) is 5.92 Å². The van der Waals surface area contributed by atoms with Crippen LogP contribution < -0.4 is 5.32 Å². The number of carbonyl (C=O) groups is 1. The number of nitrogens with one attached hydrogen (secondary N) is 1. The summed E-state index contributed by atoms with van der Waals surface area (Å²) in [6, 6.07) is 18.2. The van der Waals surface area contributed by atoms with Gasteiger partial charge in [-0.15, -0.1) is 0 Å². The second kappa shape index (κ2) is 10.2. The van der Waals surface area contributed by atoms with Crippen molar-refractivity contribution in [3.63, 3.8) is 0 Å². The molecule has 0 unspecified atom stereocenters. The van der Waals surface area contributed by atoms with Gasteiger partial charge in [0.2, 0.25) is 0 Å². The van der Waals surface area contributed by atoms with E-state index in [9.17, 15) is 4.79 Å². The summed E-state index contributed by atoms with van der Waals surface area (Å²) in [4.78, 5) is 16.9. The highest BCUT2D eigenvalue weighted by Gasteiger charge is 2.22. The number of nitrogens with zero attached hydrogens (tertiary/aromatic N) is 2. The lowest BCUT2D eigenvalue weighted by atomic mass is 9.96. The molecule has 2 amide bonds. The van der Waals surface area contributed by atoms with Crippen LogP contribution in [0.2, 0.25) is 0 Å². The number of ether oxygens (including phenoxy) is 1. The molecule has 1 aliphatic heterocycles. The average molecular weight is 382 g/mol. The van der Waals surface area contributed by atoms with E-state index in [1.807, 2.05) is 48.3 Å². The highest BCUT2D eigenvalue weighted by atomic mass is 16.5. The van der Waals surface area contributed by atoms with Gasteiger partial charge in [-0.05, 0) is 55.1 Å². The molecular weight excluding hydrogens is 350 g/mol. The van der Waals surface area contributed by atoms with Crippen LogP contribution in [0.25, 0.3) is 11.1 Å². The molecule has 1 saturated heterocycles. The molecule has 3 rings (SSSR count). The van der Waals surface area contributed by atoms with Gasteiger partial charge in [-0.3, -0.25) is 0 Å². The maximum atomic E-state index is 12.6. The van der Waals surface area contributed by atoms with Crippen molar-refractivity contribution in [2.75, 3.05) is 52.3 Å². The molecule has 0 bridgehead atoms. The molecule has 2 aromatic carbocycles. The summed E-state index contributed by atoms with van der Waals surface area (Å²) in [7, 11) is 3.63. The van der Waals surface area contributed by atoms with Gasteiger partial charge in [0.25, 0.3) is 0 Å². The van der Waals surface area contributed by atoms with Crippen molar-refractivity contribution in [3.8, 4) is 11.1 Å². The Morgan fingerprint density at radius 1 is 1.11 bits per heavy atom. The molecule has 5 heteroatoms. The Balaban J connectivity index is 1.50. The molecule has 0 aliphatic carbocycles. The second-order valence-corrected chi connectivity index (χ2v) is 7.54. The molecular formula is C23H31N3O2. The maximum absolute atomic E-state index is 12.6. The summed E-state index contributed by atoms with van der Waals surface area (Å²) in [5.74, 6) is 0.560. The van der Waals surface area contributed by atoms with Gasteiger partial charge in [0.15, 0.2) is 0 Å². The minimum Gasteiger partial charge on any atom is -0.383 e. The molecule has 28 heavy (non-hydrogen) atoms. The van der Waals surface area contributed by atoms with Gasteiger partial charge in [-0.25, -0.2) is 4.79 Å². The normalized spacial score (nSPS) is 15.4. The van der Waals surface area contributed by atoms with Crippen molar-refractivity contribution >= 4 is 11.7 Å². The Morgan fingerprint density at radius 3 is 2.54 bits per heavy atom. The number of anilines is 1. The van der Waals surface area contributed by atoms with Crippen LogP contribution in [0.15, 0.2) is 54.6 Å². The van der Waals surface area contributed by atoms with E-state index >= 15 is 0 Å². The van der Waals surface area contributed by atoms with E-state index in [-0.39, 0.29) is 6.03 Å². The lowest BCUT2D eigenvalue weighted by molar-refractivity contribution is 0.113. The Kier molecular flexibility index (Phi) is 7.46. The van der Waals surface area contributed by atoms with E-state index < -0.39 is 0 Å². The highest BCUT2D eigenvalue weighted by molar-refractivity contribution is 5.90. The fourth-order valence-electron chi connectivity index (χ4n) is 3.71. The predicted molar refractivity (Wildman–Crippen MR) is 115 cm³/mol. The van der Waals surface area contributed by atoms with E-state index in [1.165, 1.54) is 0 Å². The number of carbonyl (C=O) groups excluding carboxylic acids is 1. The van der Waals surface area contributed by atoms with Gasteiger partial charge < -0.3 is 19.9 Å². The number of hydrogen-bond donors (Lipinski definition) is 1. The SMILES string of the molecule is COCCN1CCC(CN(C)C(=O)Nc2cccc(-c3ccccc3)c2)CC1. The quantitative estimate of drug-likeness (QED) is 0.783. The van der Waals surface area contributed by atoms with Crippen molar-refractivity contribution in [3.05, 3.63) is 54.6 Å². The van der Waals surface area contributed by atoms with Crippen LogP contribution in [0.1, 0.15) is 12.8 Å². The van der Waals surface area contributed by atoms with Crippen molar-refractivity contribution in [2.24, 2.45) is 5.92 Å². The summed E-state index contributed by atoms with van der Waals surface area (Å²) in [6.45, 7) is 4.75. The van der Waals surface area contributed by atoms with Crippen molar-refractivity contribution in [2.45, 2.75) is 12.8 Å². The zero-order chi connectivity index (χ0) is 19.8. The summed E-state index contributed by atoms with van der Waals surface area (Å²) >= 11 is 0. The van der Waals surface area contributed by atoms with Crippen LogP contribution in [0.3, 0.4) is 0 Å². The topological polar surface area (TPSA) is 44.8 Å². The van der Waals surface area contributed by atoms with E-state index in [0.29, 0.717) is 5.92 Å². The fraction of sp³-hybridized carbons (Fsp3) is 0.435. The summed E-state index contributed by atoms with van der Waals surface area (Å²) in [5.41, 5.74) is 3.07. The van der Waals surface area contributed by atoms with Gasteiger partial charge >= 0.3 is 6.03 Å². The maximum Gasteiger partial charge on any atom is 0.321 e. The standard InChI is InChI=1S/C23H31N3O2/c1-25(18-19-11-13-26(14-12-19)15-16-28-2)23(27)24-22-10-6-9-21(17-22)20-7-4-3-5-8-20/h3-10,17,19H,11-16,18H2,1-2H3,(H,24,27). The molecule has 1 aliphatic rings. The largest absolute Gasteiger partial charge is 0.383 e. The van der Waals surface area contributed by atoms with Crippen LogP contribution in [-0.4, -0.2) is 62.8 Å². The number of methoxy groups -OCH3 is 1. The first kappa shape index (κ1) is 20.4. The van der Waals surface area contributed by atoms with Gasteiger partial charge in [-0.2, -0.15) is 0 Å². The number of piperidine rings is 1. The molecule has 0 radical (unpaired) electrons. The predicted octanol–water partition coefficient (Wildman–Crippen LogP) is 4.18. The smallest absolute Gasteiger partial charge is 0.321 e. The first-order valence-corrected chi connectivity index (χ1v) is 10.0. The molecule has 1 heterocycles. The molecule has 0 saturated carbocycles. The second-order valence-electron chi connectivity index (χ2n) is 7.54. The number of benzene rings is 2. The van der Waals surface area contributed by atoms with Crippen molar-refractivity contribution in [1.29, 1.82) is 0 Å². The minimum absolute atomic E-state index is 0.0491. The minimum atomic E-state index is -0.0491. The third-order valence-corrected chi connectivity index (χ3v) is 5.42. The molecule has 1 N–H and O–H groups in total. The van der Waals surface area contributed by atoms with Crippen LogP contribution in [0.5, 0.6) is 0 Å². The molecule has 2 aromatic rings. The molecule has 0 spiro atoms. The molecule has 1 fully saturated rings. The summed E-state index contributed by atoms with van der Waals surface area (Å²) < 4.78 is 5.16. The van der Waals surface area contributed by atoms with E-state index in [1.54, 1.807) is 7.11 Å². The number of urea groups is 1. The number of hydrogen-bond acceptors (Lipinski definition) is 3. The third kappa shape index (κ3) is 5.81. The molecule has 150 valence electrons. The van der Waals surface area contributed by atoms with Crippen LogP contribution in [-0.2, 0) is 4.74 Å². The fourth-order valence-corrected chi connectivity index (χ4v) is 3.71. The zero-order valence-corrected chi connectivity index (χ0v) is 16.9. The van der Waals surface area contributed by atoms with E-state index in [2.05, 4.69) is 28.4 Å². The van der Waals surface area contributed by atoms with Gasteiger partial charge in [-0.1, -0.05) is 42.5 Å². The van der Waals surface area contributed by atoms with Crippen molar-refractivity contribution in [1.82, 2.24) is 9.80 Å². The number of amides is 2. The summed E-state index contributed by atoms with van der Waals surface area (Å²) in [5, 5.41) is 3.04. The van der Waals surface area contributed by atoms with Gasteiger partial charge in [0.1, 0.15) is 0 Å². The number of rotatable bonds is 7. The Bertz CT molecular complexity index is 743. The van der Waals surface area contributed by atoms with Crippen LogP contribution in [0.4, 0.5) is 10.5 Å². The zero-order valence-electron chi connectivity index (χ0n) is 16.9. The lowest BCUT2D eigenvalue weighted by Crippen LogP contribution is -2.41. The third-order valence-electron chi connectivity index (χ3n) is 5.42.